The summed E-state index contributed by atoms with van der Waals surface area (Å²) in [4.78, 5) is 18.3. The highest BCUT2D eigenvalue weighted by atomic mass is 16.5. The fourth-order valence-electron chi connectivity index (χ4n) is 1.99. The zero-order valence-corrected chi connectivity index (χ0v) is 12.2. The van der Waals surface area contributed by atoms with Gasteiger partial charge in [0.25, 0.3) is 0 Å². The molecule has 19 heavy (non-hydrogen) atoms. The van der Waals surface area contributed by atoms with E-state index in [4.69, 9.17) is 4.52 Å². The van der Waals surface area contributed by atoms with Crippen molar-refractivity contribution >= 4 is 5.91 Å². The van der Waals surface area contributed by atoms with Crippen molar-refractivity contribution < 1.29 is 9.32 Å². The zero-order valence-electron chi connectivity index (χ0n) is 12.2. The highest BCUT2D eigenvalue weighted by Crippen LogP contribution is 2.38. The standard InChI is InChI=1S/C13H22N4O2/c1-8-6-9(8)11(18)15-13(2,3)12-14-10(19-16-12)7-17(4)5/h8-9H,6-7H2,1-5H3,(H,15,18)/t8-,9-/m1/s1. The van der Waals surface area contributed by atoms with Gasteiger partial charge in [0.2, 0.25) is 11.8 Å². The Labute approximate surface area is 113 Å². The molecular weight excluding hydrogens is 244 g/mol. The molecule has 2 atom stereocenters. The number of hydrogen-bond donors (Lipinski definition) is 1. The SMILES string of the molecule is C[C@@H]1C[C@H]1C(=O)NC(C)(C)c1noc(CN(C)C)n1. The first-order valence-corrected chi connectivity index (χ1v) is 6.59. The van der Waals surface area contributed by atoms with Crippen LogP contribution in [0, 0.1) is 11.8 Å². The molecule has 0 radical (unpaired) electrons. The smallest absolute Gasteiger partial charge is 0.240 e. The molecule has 0 unspecified atom stereocenters. The number of nitrogens with zero attached hydrogens (tertiary/aromatic N) is 3. The molecule has 1 N–H and O–H groups in total. The molecule has 6 nitrogen and oxygen atoms in total. The number of carbonyl (C=O) groups excluding carboxylic acids is 1. The van der Waals surface area contributed by atoms with Crippen LogP contribution in [-0.4, -0.2) is 35.0 Å². The molecule has 1 saturated carbocycles. The van der Waals surface area contributed by atoms with Crippen LogP contribution in [0.5, 0.6) is 0 Å². The van der Waals surface area contributed by atoms with Crippen LogP contribution in [-0.2, 0) is 16.9 Å². The Bertz CT molecular complexity index is 467. The van der Waals surface area contributed by atoms with E-state index in [1.165, 1.54) is 0 Å². The van der Waals surface area contributed by atoms with Crippen molar-refractivity contribution in [1.29, 1.82) is 0 Å². The summed E-state index contributed by atoms with van der Waals surface area (Å²) in [6.45, 7) is 6.46. The molecule has 1 aromatic heterocycles. The largest absolute Gasteiger partial charge is 0.344 e. The molecule has 0 bridgehead atoms. The average molecular weight is 266 g/mol. The van der Waals surface area contributed by atoms with Crippen molar-refractivity contribution in [2.45, 2.75) is 39.3 Å². The first-order valence-electron chi connectivity index (χ1n) is 6.59. The molecule has 1 heterocycles. The summed E-state index contributed by atoms with van der Waals surface area (Å²) in [6, 6.07) is 0. The number of hydrogen-bond acceptors (Lipinski definition) is 5. The summed E-state index contributed by atoms with van der Waals surface area (Å²) in [5.74, 6) is 1.79. The summed E-state index contributed by atoms with van der Waals surface area (Å²) in [6.07, 6.45) is 0.972. The summed E-state index contributed by atoms with van der Waals surface area (Å²) in [7, 11) is 3.87. The minimum absolute atomic E-state index is 0.0801. The van der Waals surface area contributed by atoms with Crippen LogP contribution < -0.4 is 5.32 Å². The average Bonchev–Trinajstić information content (AvgIpc) is 2.82. The topological polar surface area (TPSA) is 71.3 Å². The summed E-state index contributed by atoms with van der Waals surface area (Å²) in [5.41, 5.74) is -0.604. The maximum absolute atomic E-state index is 12.0. The van der Waals surface area contributed by atoms with Gasteiger partial charge < -0.3 is 14.7 Å². The molecule has 106 valence electrons. The van der Waals surface area contributed by atoms with Crippen molar-refractivity contribution in [2.75, 3.05) is 14.1 Å². The molecule has 1 aliphatic carbocycles. The Hall–Kier alpha value is -1.43. The molecule has 0 saturated heterocycles. The van der Waals surface area contributed by atoms with Crippen LogP contribution in [0.25, 0.3) is 0 Å². The summed E-state index contributed by atoms with van der Waals surface area (Å²) >= 11 is 0. The van der Waals surface area contributed by atoms with Gasteiger partial charge in [0.15, 0.2) is 5.82 Å². The minimum Gasteiger partial charge on any atom is -0.344 e. The van der Waals surface area contributed by atoms with Crippen molar-refractivity contribution in [3.63, 3.8) is 0 Å². The second-order valence-electron chi connectivity index (χ2n) is 6.18. The van der Waals surface area contributed by atoms with E-state index in [9.17, 15) is 4.79 Å². The normalized spacial score (nSPS) is 22.6. The lowest BCUT2D eigenvalue weighted by atomic mass is 10.0. The summed E-state index contributed by atoms with van der Waals surface area (Å²) < 4.78 is 5.19. The Morgan fingerprint density at radius 1 is 1.53 bits per heavy atom. The Morgan fingerprint density at radius 2 is 2.16 bits per heavy atom. The predicted octanol–water partition coefficient (Wildman–Crippen LogP) is 1.14. The quantitative estimate of drug-likeness (QED) is 0.865. The predicted molar refractivity (Wildman–Crippen MR) is 70.1 cm³/mol. The molecule has 1 amide bonds. The van der Waals surface area contributed by atoms with Gasteiger partial charge in [-0.15, -0.1) is 0 Å². The number of rotatable bonds is 5. The third-order valence-corrected chi connectivity index (χ3v) is 3.36. The molecule has 0 spiro atoms. The maximum Gasteiger partial charge on any atom is 0.240 e. The monoisotopic (exact) mass is 266 g/mol. The lowest BCUT2D eigenvalue weighted by molar-refractivity contribution is -0.124. The molecule has 0 aromatic carbocycles. The zero-order chi connectivity index (χ0) is 14.2. The van der Waals surface area contributed by atoms with Crippen molar-refractivity contribution in [2.24, 2.45) is 11.8 Å². The van der Waals surface area contributed by atoms with Crippen LogP contribution in [0.2, 0.25) is 0 Å². The number of aromatic nitrogens is 2. The second kappa shape index (κ2) is 4.92. The van der Waals surface area contributed by atoms with Crippen LogP contribution in [0.15, 0.2) is 4.52 Å². The van der Waals surface area contributed by atoms with Gasteiger partial charge in [-0.05, 0) is 40.3 Å². The van der Waals surface area contributed by atoms with Crippen molar-refractivity contribution in [3.8, 4) is 0 Å². The number of carbonyl (C=O) groups is 1. The van der Waals surface area contributed by atoms with E-state index in [1.807, 2.05) is 32.8 Å². The molecule has 0 aliphatic heterocycles. The maximum atomic E-state index is 12.0. The third kappa shape index (κ3) is 3.32. The first kappa shape index (κ1) is 14.0. The van der Waals surface area contributed by atoms with Crippen LogP contribution in [0.4, 0.5) is 0 Å². The lowest BCUT2D eigenvalue weighted by Crippen LogP contribution is -2.42. The van der Waals surface area contributed by atoms with Gasteiger partial charge in [-0.1, -0.05) is 12.1 Å². The van der Waals surface area contributed by atoms with E-state index in [1.54, 1.807) is 0 Å². The van der Waals surface area contributed by atoms with E-state index in [-0.39, 0.29) is 11.8 Å². The van der Waals surface area contributed by atoms with Crippen molar-refractivity contribution in [3.05, 3.63) is 11.7 Å². The van der Waals surface area contributed by atoms with Crippen molar-refractivity contribution in [1.82, 2.24) is 20.4 Å². The molecule has 1 aromatic rings. The second-order valence-corrected chi connectivity index (χ2v) is 6.18. The number of amides is 1. The molecular formula is C13H22N4O2. The fourth-order valence-corrected chi connectivity index (χ4v) is 1.99. The van der Waals surface area contributed by atoms with E-state index in [0.29, 0.717) is 24.2 Å². The van der Waals surface area contributed by atoms with Crippen LogP contribution in [0.1, 0.15) is 38.9 Å². The molecule has 6 heteroatoms. The van der Waals surface area contributed by atoms with Gasteiger partial charge in [0, 0.05) is 5.92 Å². The van der Waals surface area contributed by atoms with Gasteiger partial charge >= 0.3 is 0 Å². The molecule has 2 rings (SSSR count). The van der Waals surface area contributed by atoms with Gasteiger partial charge in [0.05, 0.1) is 12.1 Å². The van der Waals surface area contributed by atoms with E-state index in [2.05, 4.69) is 22.4 Å². The minimum atomic E-state index is -0.604. The first-order chi connectivity index (χ1) is 8.79. The van der Waals surface area contributed by atoms with Crippen LogP contribution in [0.3, 0.4) is 0 Å². The molecule has 1 fully saturated rings. The van der Waals surface area contributed by atoms with E-state index >= 15 is 0 Å². The Morgan fingerprint density at radius 3 is 2.68 bits per heavy atom. The Balaban J connectivity index is 2.02. The number of nitrogens with one attached hydrogen (secondary N) is 1. The van der Waals surface area contributed by atoms with Gasteiger partial charge in [0.1, 0.15) is 0 Å². The summed E-state index contributed by atoms with van der Waals surface area (Å²) in [5, 5.41) is 6.96. The highest BCUT2D eigenvalue weighted by molar-refractivity contribution is 5.82. The van der Waals surface area contributed by atoms with Gasteiger partial charge in [-0.3, -0.25) is 4.79 Å². The van der Waals surface area contributed by atoms with E-state index in [0.717, 1.165) is 6.42 Å². The van der Waals surface area contributed by atoms with E-state index < -0.39 is 5.54 Å². The Kier molecular flexibility index (Phi) is 3.62. The molecule has 1 aliphatic rings. The van der Waals surface area contributed by atoms with Gasteiger partial charge in [-0.2, -0.15) is 4.98 Å². The fraction of sp³-hybridized carbons (Fsp3) is 0.769. The highest BCUT2D eigenvalue weighted by Gasteiger charge is 2.41. The third-order valence-electron chi connectivity index (χ3n) is 3.36. The van der Waals surface area contributed by atoms with Crippen LogP contribution >= 0.6 is 0 Å². The van der Waals surface area contributed by atoms with Gasteiger partial charge in [-0.25, -0.2) is 0 Å². The lowest BCUT2D eigenvalue weighted by Gasteiger charge is -2.22.